The van der Waals surface area contributed by atoms with Crippen molar-refractivity contribution in [2.24, 2.45) is 10.8 Å². The van der Waals surface area contributed by atoms with Gasteiger partial charge in [-0.2, -0.15) is 0 Å². The Morgan fingerprint density at radius 3 is 2.05 bits per heavy atom. The molecule has 1 amide bonds. The second kappa shape index (κ2) is 11.3. The highest BCUT2D eigenvalue weighted by atomic mass is 35.5. The number of rotatable bonds is 8. The van der Waals surface area contributed by atoms with Crippen molar-refractivity contribution in [2.45, 2.75) is 37.8 Å². The largest absolute Gasteiger partial charge is 0.341 e. The van der Waals surface area contributed by atoms with E-state index in [4.69, 9.17) is 34.8 Å². The van der Waals surface area contributed by atoms with Gasteiger partial charge in [0.15, 0.2) is 0 Å². The minimum atomic E-state index is -4.07. The molecule has 3 aromatic rings. The van der Waals surface area contributed by atoms with Crippen molar-refractivity contribution >= 4 is 50.7 Å². The molecule has 2 aliphatic rings. The number of benzene rings is 3. The number of amides is 1. The Morgan fingerprint density at radius 1 is 0.875 bits per heavy atom. The third-order valence-electron chi connectivity index (χ3n) is 8.39. The number of fused-ring (bicyclic) bond motifs is 1. The number of carbonyl (C=O) groups is 1. The maximum Gasteiger partial charge on any atom is 0.241 e. The van der Waals surface area contributed by atoms with Crippen molar-refractivity contribution in [2.75, 3.05) is 26.2 Å². The molecule has 3 atom stereocenters. The maximum absolute atomic E-state index is 13.8. The molecule has 2 heterocycles. The molecular weight excluding hydrogens is 589 g/mol. The number of halogens is 3. The Labute approximate surface area is 251 Å². The van der Waals surface area contributed by atoms with E-state index in [1.165, 1.54) is 23.8 Å². The second-order valence-corrected chi connectivity index (χ2v) is 14.5. The molecule has 0 radical (unpaired) electrons. The fourth-order valence-corrected chi connectivity index (χ4v) is 8.36. The molecule has 0 aromatic heterocycles. The molecule has 0 saturated carbocycles. The molecule has 2 aliphatic heterocycles. The summed E-state index contributed by atoms with van der Waals surface area (Å²) in [6.07, 6.45) is -0.0723. The summed E-state index contributed by atoms with van der Waals surface area (Å²) in [4.78, 5) is 18.0. The molecule has 10 heteroatoms. The first kappa shape index (κ1) is 29.4. The molecule has 2 saturated heterocycles. The average molecular weight is 621 g/mol. The molecule has 212 valence electrons. The third-order valence-corrected chi connectivity index (χ3v) is 10.6. The van der Waals surface area contributed by atoms with Crippen molar-refractivity contribution in [3.63, 3.8) is 0 Å². The lowest BCUT2D eigenvalue weighted by atomic mass is 9.71. The third kappa shape index (κ3) is 6.06. The van der Waals surface area contributed by atoms with E-state index >= 15 is 0 Å². The van der Waals surface area contributed by atoms with Crippen LogP contribution in [0, 0.1) is 10.8 Å². The van der Waals surface area contributed by atoms with Crippen LogP contribution in [0.4, 0.5) is 0 Å². The topological polar surface area (TPSA) is 69.7 Å². The van der Waals surface area contributed by atoms with Crippen LogP contribution >= 0.6 is 34.8 Å². The van der Waals surface area contributed by atoms with Gasteiger partial charge in [0.05, 0.1) is 10.9 Å². The summed E-state index contributed by atoms with van der Waals surface area (Å²) in [5.74, 6) is -0.122. The van der Waals surface area contributed by atoms with Gasteiger partial charge >= 0.3 is 0 Å². The molecule has 1 N–H and O–H groups in total. The van der Waals surface area contributed by atoms with Crippen molar-refractivity contribution in [3.8, 4) is 0 Å². The van der Waals surface area contributed by atoms with E-state index in [0.717, 1.165) is 19.6 Å². The quantitative estimate of drug-likeness (QED) is 0.315. The highest BCUT2D eigenvalue weighted by Crippen LogP contribution is 2.52. The second-order valence-electron chi connectivity index (χ2n) is 11.5. The first-order valence-electron chi connectivity index (χ1n) is 13.1. The van der Waals surface area contributed by atoms with Crippen LogP contribution in [0.3, 0.4) is 0 Å². The van der Waals surface area contributed by atoms with Gasteiger partial charge in [0.25, 0.3) is 0 Å². The lowest BCUT2D eigenvalue weighted by Gasteiger charge is -2.30. The van der Waals surface area contributed by atoms with Gasteiger partial charge in [0.2, 0.25) is 15.9 Å². The van der Waals surface area contributed by atoms with Crippen LogP contribution in [-0.2, 0) is 21.4 Å². The Morgan fingerprint density at radius 2 is 1.45 bits per heavy atom. The molecule has 5 rings (SSSR count). The van der Waals surface area contributed by atoms with Crippen LogP contribution in [0.25, 0.3) is 0 Å². The van der Waals surface area contributed by atoms with Crippen molar-refractivity contribution in [1.29, 1.82) is 0 Å². The normalized spacial score (nSPS) is 23.8. The van der Waals surface area contributed by atoms with Gasteiger partial charge in [-0.1, -0.05) is 97.2 Å². The minimum absolute atomic E-state index is 0.0723. The van der Waals surface area contributed by atoms with Gasteiger partial charge in [-0.25, -0.2) is 13.1 Å². The van der Waals surface area contributed by atoms with E-state index in [-0.39, 0.29) is 38.1 Å². The molecule has 0 aliphatic carbocycles. The number of hydrogen-bond acceptors (Lipinski definition) is 4. The zero-order chi connectivity index (χ0) is 28.7. The van der Waals surface area contributed by atoms with Crippen LogP contribution in [0.5, 0.6) is 0 Å². The Bertz CT molecular complexity index is 1480. The highest BCUT2D eigenvalue weighted by molar-refractivity contribution is 7.89. The molecule has 6 nitrogen and oxygen atoms in total. The first-order valence-corrected chi connectivity index (χ1v) is 15.8. The molecular formula is C30H32Cl3N3O3S. The molecule has 3 unspecified atom stereocenters. The number of carbonyl (C=O) groups excluding carboxylic acids is 1. The number of sulfonamides is 1. The number of nitrogens with zero attached hydrogens (tertiary/aromatic N) is 2. The maximum atomic E-state index is 13.8. The van der Waals surface area contributed by atoms with E-state index in [0.29, 0.717) is 23.7 Å². The van der Waals surface area contributed by atoms with Crippen molar-refractivity contribution < 1.29 is 13.2 Å². The SMILES string of the molecule is CC12CN(Cc3ccccc3)CC1(C)CN(C(=O)CC(NS(=O)(=O)c1cc(Cl)cc(Cl)c1)c1ccccc1Cl)C2. The predicted octanol–water partition coefficient (Wildman–Crippen LogP) is 6.43. The van der Waals surface area contributed by atoms with E-state index in [1.807, 2.05) is 11.0 Å². The van der Waals surface area contributed by atoms with E-state index in [2.05, 4.69) is 47.7 Å². The van der Waals surface area contributed by atoms with Gasteiger partial charge in [-0.05, 0) is 35.4 Å². The summed E-state index contributed by atoms with van der Waals surface area (Å²) in [7, 11) is -4.07. The van der Waals surface area contributed by atoms with Crippen LogP contribution in [-0.4, -0.2) is 50.3 Å². The van der Waals surface area contributed by atoms with Crippen LogP contribution in [0.2, 0.25) is 15.1 Å². The Kier molecular flexibility index (Phi) is 8.28. The molecule has 2 fully saturated rings. The van der Waals surface area contributed by atoms with Gasteiger partial charge in [0, 0.05) is 65.0 Å². The number of hydrogen-bond donors (Lipinski definition) is 1. The smallest absolute Gasteiger partial charge is 0.241 e. The lowest BCUT2D eigenvalue weighted by molar-refractivity contribution is -0.131. The summed E-state index contributed by atoms with van der Waals surface area (Å²) in [5.41, 5.74) is 1.65. The monoisotopic (exact) mass is 619 g/mol. The number of likely N-dealkylation sites (tertiary alicyclic amines) is 2. The van der Waals surface area contributed by atoms with Gasteiger partial charge < -0.3 is 4.90 Å². The van der Waals surface area contributed by atoms with Gasteiger partial charge in [0.1, 0.15) is 0 Å². The van der Waals surface area contributed by atoms with Crippen LogP contribution < -0.4 is 4.72 Å². The summed E-state index contributed by atoms with van der Waals surface area (Å²) in [5, 5.41) is 0.773. The summed E-state index contributed by atoms with van der Waals surface area (Å²) >= 11 is 18.6. The van der Waals surface area contributed by atoms with Crippen molar-refractivity contribution in [3.05, 3.63) is 99.0 Å². The van der Waals surface area contributed by atoms with Crippen LogP contribution in [0.15, 0.2) is 77.7 Å². The summed E-state index contributed by atoms with van der Waals surface area (Å²) < 4.78 is 29.5. The highest BCUT2D eigenvalue weighted by Gasteiger charge is 2.58. The Hall–Kier alpha value is -2.13. The lowest BCUT2D eigenvalue weighted by Crippen LogP contribution is -2.38. The molecule has 40 heavy (non-hydrogen) atoms. The molecule has 0 bridgehead atoms. The molecule has 0 spiro atoms. The molecule has 3 aromatic carbocycles. The summed E-state index contributed by atoms with van der Waals surface area (Å²) in [6.45, 7) is 8.38. The van der Waals surface area contributed by atoms with Crippen LogP contribution in [0.1, 0.15) is 37.4 Å². The van der Waals surface area contributed by atoms with E-state index in [9.17, 15) is 13.2 Å². The fourth-order valence-electron chi connectivity index (χ4n) is 6.15. The fraction of sp³-hybridized carbons (Fsp3) is 0.367. The summed E-state index contributed by atoms with van der Waals surface area (Å²) in [6, 6.07) is 20.6. The zero-order valence-electron chi connectivity index (χ0n) is 22.4. The zero-order valence-corrected chi connectivity index (χ0v) is 25.5. The minimum Gasteiger partial charge on any atom is -0.341 e. The van der Waals surface area contributed by atoms with E-state index in [1.54, 1.807) is 24.3 Å². The van der Waals surface area contributed by atoms with Crippen molar-refractivity contribution in [1.82, 2.24) is 14.5 Å². The average Bonchev–Trinajstić information content (AvgIpc) is 3.27. The number of nitrogens with one attached hydrogen (secondary N) is 1. The standard InChI is InChI=1S/C30H32Cl3N3O3S/c1-29-17-35(16-21-8-4-3-5-9-21)18-30(29,2)20-36(19-29)28(37)15-27(25-10-6-7-11-26(25)33)34-40(38,39)24-13-22(31)12-23(32)14-24/h3-14,27,34H,15-20H2,1-2H3. The first-order chi connectivity index (χ1) is 18.9. The van der Waals surface area contributed by atoms with Gasteiger partial charge in [-0.3, -0.25) is 9.69 Å². The Balaban J connectivity index is 1.34. The van der Waals surface area contributed by atoms with Gasteiger partial charge in [-0.15, -0.1) is 0 Å². The predicted molar refractivity (Wildman–Crippen MR) is 160 cm³/mol. The van der Waals surface area contributed by atoms with E-state index < -0.39 is 16.1 Å².